The summed E-state index contributed by atoms with van der Waals surface area (Å²) in [7, 11) is -4.34. The van der Waals surface area contributed by atoms with Gasteiger partial charge in [0, 0.05) is 0 Å². The van der Waals surface area contributed by atoms with Gasteiger partial charge in [0.1, 0.15) is 8.07 Å². The lowest BCUT2D eigenvalue weighted by Crippen LogP contribution is -2.56. The molecule has 0 bridgehead atoms. The highest BCUT2D eigenvalue weighted by atomic mass is 28.3. The second kappa shape index (κ2) is 7.53. The first-order valence-electron chi connectivity index (χ1n) is 10.1. The Morgan fingerprint density at radius 3 is 1.22 bits per heavy atom. The molecule has 1 saturated heterocycles. The van der Waals surface area contributed by atoms with Gasteiger partial charge in [-0.3, -0.25) is 0 Å². The van der Waals surface area contributed by atoms with Gasteiger partial charge in [0.2, 0.25) is 0 Å². The van der Waals surface area contributed by atoms with Crippen LogP contribution >= 0.6 is 0 Å². The van der Waals surface area contributed by atoms with E-state index in [2.05, 4.69) is 111 Å². The molecule has 1 aliphatic rings. The molecule has 1 aliphatic heterocycles. The summed E-state index contributed by atoms with van der Waals surface area (Å²) < 4.78 is 0. The van der Waals surface area contributed by atoms with Crippen LogP contribution in [-0.4, -0.2) is 24.2 Å². The van der Waals surface area contributed by atoms with Crippen molar-refractivity contribution in [2.45, 2.75) is 51.4 Å². The highest BCUT2D eigenvalue weighted by Gasteiger charge is 2.44. The number of rotatable bonds is 4. The van der Waals surface area contributed by atoms with E-state index in [0.717, 1.165) is 0 Å². The highest BCUT2D eigenvalue weighted by molar-refractivity contribution is 7.04. The van der Waals surface area contributed by atoms with Crippen LogP contribution in [0.15, 0.2) is 83.2 Å². The highest BCUT2D eigenvalue weighted by Crippen LogP contribution is 2.40. The van der Waals surface area contributed by atoms with Gasteiger partial charge in [0.05, 0.1) is 16.1 Å². The number of hydrogen-bond donors (Lipinski definition) is 0. The normalized spacial score (nSPS) is 20.4. The number of hydrogen-bond acceptors (Lipinski definition) is 0. The summed E-state index contributed by atoms with van der Waals surface area (Å²) in [5.74, 6) is 0. The predicted molar refractivity (Wildman–Crippen MR) is 130 cm³/mol. The van der Waals surface area contributed by atoms with Gasteiger partial charge in [-0.15, -0.1) is 0 Å². The summed E-state index contributed by atoms with van der Waals surface area (Å²) in [6.07, 6.45) is 0. The molecule has 0 unspecified atom stereocenters. The van der Waals surface area contributed by atoms with Crippen molar-refractivity contribution in [2.24, 2.45) is 0 Å². The fraction of sp³-hybridized carbons (Fsp3) is 0.333. The molecule has 0 spiro atoms. The van der Waals surface area contributed by atoms with E-state index < -0.39 is 24.2 Å². The van der Waals surface area contributed by atoms with Crippen molar-refractivity contribution in [3.63, 3.8) is 0 Å². The zero-order chi connectivity index (χ0) is 19.7. The molecule has 0 amide bonds. The molecule has 27 heavy (non-hydrogen) atoms. The lowest BCUT2D eigenvalue weighted by molar-refractivity contribution is 1.42. The minimum atomic E-state index is -1.80. The molecule has 2 aromatic rings. The Balaban J connectivity index is 2.21. The first kappa shape index (κ1) is 20.3. The van der Waals surface area contributed by atoms with Gasteiger partial charge in [0.25, 0.3) is 0 Å². The third kappa shape index (κ3) is 4.89. The molecule has 1 fully saturated rings. The summed E-state index contributed by atoms with van der Waals surface area (Å²) in [5.41, 5.74) is 8.74. The zero-order valence-electron chi connectivity index (χ0n) is 17.8. The van der Waals surface area contributed by atoms with Crippen molar-refractivity contribution < 1.29 is 0 Å². The fourth-order valence-corrected chi connectivity index (χ4v) is 12.3. The third-order valence-corrected chi connectivity index (χ3v) is 12.5. The third-order valence-electron chi connectivity index (χ3n) is 5.26. The first-order chi connectivity index (χ1) is 12.6. The molecule has 0 aromatic heterocycles. The van der Waals surface area contributed by atoms with E-state index >= 15 is 0 Å². The topological polar surface area (TPSA) is 0 Å². The maximum atomic E-state index is 2.69. The van der Waals surface area contributed by atoms with E-state index in [1.54, 1.807) is 21.5 Å². The maximum Gasteiger partial charge on any atom is 0.126 e. The Morgan fingerprint density at radius 1 is 0.593 bits per heavy atom. The van der Waals surface area contributed by atoms with E-state index in [1.807, 2.05) is 0 Å². The molecule has 0 nitrogen and oxygen atoms in total. The van der Waals surface area contributed by atoms with Crippen molar-refractivity contribution in [3.05, 3.63) is 83.2 Å². The van der Waals surface area contributed by atoms with Gasteiger partial charge in [-0.05, 0) is 12.1 Å². The SMILES string of the molecule is C[Si](C)(C)/C=C1\C[Si](c2ccccc2)(c2ccccc2)C\C1=C\[Si](C)(C)C. The second-order valence-corrected chi connectivity index (χ2v) is 24.3. The molecule has 0 N–H and O–H groups in total. The molecule has 3 heteroatoms. The van der Waals surface area contributed by atoms with E-state index in [9.17, 15) is 0 Å². The average molecular weight is 407 g/mol. The van der Waals surface area contributed by atoms with Crippen LogP contribution < -0.4 is 10.4 Å². The van der Waals surface area contributed by atoms with E-state index in [1.165, 1.54) is 12.1 Å². The largest absolute Gasteiger partial charge is 0.126 e. The summed E-state index contributed by atoms with van der Waals surface area (Å²) in [6, 6.07) is 25.3. The Labute approximate surface area is 169 Å². The van der Waals surface area contributed by atoms with Crippen molar-refractivity contribution in [3.8, 4) is 0 Å². The first-order valence-corrected chi connectivity index (χ1v) is 19.7. The molecular weight excluding hydrogens is 373 g/mol. The van der Waals surface area contributed by atoms with Crippen LogP contribution in [0.2, 0.25) is 51.4 Å². The van der Waals surface area contributed by atoms with Crippen LogP contribution in [0.1, 0.15) is 0 Å². The van der Waals surface area contributed by atoms with Crippen LogP contribution in [0.25, 0.3) is 0 Å². The van der Waals surface area contributed by atoms with Gasteiger partial charge in [0.15, 0.2) is 0 Å². The van der Waals surface area contributed by atoms with Crippen molar-refractivity contribution >= 4 is 34.6 Å². The lowest BCUT2D eigenvalue weighted by atomic mass is 10.2. The Kier molecular flexibility index (Phi) is 5.67. The average Bonchev–Trinajstić information content (AvgIpc) is 2.92. The standard InChI is InChI=1S/C24H34Si3/c1-25(2,3)17-21-19-27(23-13-9-7-10-14-23,24-15-11-8-12-16-24)20-22(21)18-26(4,5)6/h7-18H,19-20H2,1-6H3/b21-17-,22-18+. The van der Waals surface area contributed by atoms with Gasteiger partial charge in [-0.25, -0.2) is 0 Å². The quantitative estimate of drug-likeness (QED) is 0.557. The van der Waals surface area contributed by atoms with Crippen LogP contribution in [0.4, 0.5) is 0 Å². The van der Waals surface area contributed by atoms with Crippen molar-refractivity contribution in [1.82, 2.24) is 0 Å². The smallest absolute Gasteiger partial charge is 0.0919 e. The summed E-state index contributed by atoms with van der Waals surface area (Å²) >= 11 is 0. The number of benzene rings is 2. The van der Waals surface area contributed by atoms with Gasteiger partial charge in [-0.1, -0.05) is 133 Å². The summed E-state index contributed by atoms with van der Waals surface area (Å²) in [5, 5.41) is 3.19. The second-order valence-electron chi connectivity index (χ2n) is 10.2. The summed E-state index contributed by atoms with van der Waals surface area (Å²) in [4.78, 5) is 0. The van der Waals surface area contributed by atoms with Crippen molar-refractivity contribution in [2.75, 3.05) is 0 Å². The van der Waals surface area contributed by atoms with Crippen LogP contribution in [0.5, 0.6) is 0 Å². The van der Waals surface area contributed by atoms with Crippen LogP contribution in [0, 0.1) is 0 Å². The molecule has 0 saturated carbocycles. The Hall–Kier alpha value is -1.43. The molecule has 142 valence electrons. The van der Waals surface area contributed by atoms with Crippen LogP contribution in [0.3, 0.4) is 0 Å². The zero-order valence-corrected chi connectivity index (χ0v) is 20.8. The minimum Gasteiger partial charge on any atom is -0.0919 e. The molecule has 0 aliphatic carbocycles. The van der Waals surface area contributed by atoms with E-state index in [-0.39, 0.29) is 0 Å². The fourth-order valence-electron chi connectivity index (χ4n) is 4.36. The number of allylic oxidation sites excluding steroid dienone is 2. The molecular formula is C24H34Si3. The molecule has 2 aromatic carbocycles. The van der Waals surface area contributed by atoms with Crippen molar-refractivity contribution in [1.29, 1.82) is 0 Å². The van der Waals surface area contributed by atoms with Crippen LogP contribution in [-0.2, 0) is 0 Å². The monoisotopic (exact) mass is 406 g/mol. The Morgan fingerprint density at radius 2 is 0.926 bits per heavy atom. The predicted octanol–water partition coefficient (Wildman–Crippen LogP) is 5.87. The van der Waals surface area contributed by atoms with Gasteiger partial charge in [-0.2, -0.15) is 0 Å². The Bertz CT molecular complexity index is 761. The minimum absolute atomic E-state index is 1.27. The van der Waals surface area contributed by atoms with E-state index in [0.29, 0.717) is 0 Å². The molecule has 0 atom stereocenters. The lowest BCUT2D eigenvalue weighted by Gasteiger charge is -2.28. The van der Waals surface area contributed by atoms with Gasteiger partial charge >= 0.3 is 0 Å². The molecule has 1 heterocycles. The summed E-state index contributed by atoms with van der Waals surface area (Å²) in [6.45, 7) is 14.8. The van der Waals surface area contributed by atoms with Gasteiger partial charge < -0.3 is 0 Å². The molecule has 0 radical (unpaired) electrons. The maximum absolute atomic E-state index is 2.69. The van der Waals surface area contributed by atoms with E-state index in [4.69, 9.17) is 0 Å². The molecule has 3 rings (SSSR count).